The Kier molecular flexibility index (Phi) is 5.55. The Labute approximate surface area is 159 Å². The Morgan fingerprint density at radius 1 is 1.12 bits per heavy atom. The van der Waals surface area contributed by atoms with Crippen LogP contribution in [0, 0.1) is 0 Å². The quantitative estimate of drug-likeness (QED) is 0.766. The summed E-state index contributed by atoms with van der Waals surface area (Å²) in [6, 6.07) is 15.6. The van der Waals surface area contributed by atoms with E-state index >= 15 is 0 Å². The molecule has 2 aromatic carbocycles. The summed E-state index contributed by atoms with van der Waals surface area (Å²) in [6.45, 7) is 0. The number of benzene rings is 2. The van der Waals surface area contributed by atoms with Gasteiger partial charge in [-0.1, -0.05) is 41.9 Å². The Morgan fingerprint density at radius 3 is 2.46 bits per heavy atom. The second-order valence-corrected chi connectivity index (χ2v) is 6.74. The summed E-state index contributed by atoms with van der Waals surface area (Å²) in [4.78, 5) is 27.7. The first-order valence-electron chi connectivity index (χ1n) is 7.56. The smallest absolute Gasteiger partial charge is 0.335 e. The average molecular weight is 385 g/mol. The van der Waals surface area contributed by atoms with Crippen molar-refractivity contribution in [1.82, 2.24) is 5.32 Å². The first kappa shape index (κ1) is 18.0. The monoisotopic (exact) mass is 384 g/mol. The normalized spacial score (nSPS) is 17.6. The Hall–Kier alpha value is -2.83. The second kappa shape index (κ2) is 8.03. The number of rotatable bonds is 4. The Bertz CT molecular complexity index is 935. The van der Waals surface area contributed by atoms with Crippen LogP contribution in [0.2, 0.25) is 0 Å². The summed E-state index contributed by atoms with van der Waals surface area (Å²) in [5.74, 6) is -1.28. The molecule has 1 saturated heterocycles. The van der Waals surface area contributed by atoms with Crippen molar-refractivity contribution in [2.45, 2.75) is 0 Å². The minimum absolute atomic E-state index is 0.176. The molecular weight excluding hydrogens is 372 g/mol. The summed E-state index contributed by atoms with van der Waals surface area (Å²) >= 11 is 7.38. The highest BCUT2D eigenvalue weighted by atomic mass is 35.5. The topological polar surface area (TPSA) is 78.8 Å². The van der Waals surface area contributed by atoms with Crippen molar-refractivity contribution < 1.29 is 14.7 Å². The Morgan fingerprint density at radius 2 is 1.81 bits per heavy atom. The standard InChI is InChI=1S/C19H13ClN2O3S/c20-14(10-12-4-2-1-3-5-12)11-16-17(23)22-19(26-16)21-15-8-6-13(7-9-15)18(24)25/h1-11H,(H,24,25)(H,21,22,23)/b14-10-,16-11-. The number of aliphatic imine (C=N–C) groups is 1. The molecule has 1 aliphatic heterocycles. The zero-order valence-electron chi connectivity index (χ0n) is 13.3. The van der Waals surface area contributed by atoms with Gasteiger partial charge in [0.15, 0.2) is 5.17 Å². The number of thioether (sulfide) groups is 1. The van der Waals surface area contributed by atoms with E-state index in [2.05, 4.69) is 10.3 Å². The molecule has 1 heterocycles. The summed E-state index contributed by atoms with van der Waals surface area (Å²) < 4.78 is 0. The van der Waals surface area contributed by atoms with Gasteiger partial charge in [0.2, 0.25) is 0 Å². The highest BCUT2D eigenvalue weighted by molar-refractivity contribution is 8.18. The van der Waals surface area contributed by atoms with Gasteiger partial charge in [-0.25, -0.2) is 9.79 Å². The lowest BCUT2D eigenvalue weighted by atomic mass is 10.2. The number of aromatic carboxylic acids is 1. The number of hydrogen-bond acceptors (Lipinski definition) is 4. The minimum Gasteiger partial charge on any atom is -0.478 e. The van der Waals surface area contributed by atoms with Crippen molar-refractivity contribution in [3.05, 3.63) is 81.7 Å². The molecule has 1 amide bonds. The van der Waals surface area contributed by atoms with Gasteiger partial charge in [-0.05, 0) is 53.7 Å². The number of nitrogens with one attached hydrogen (secondary N) is 1. The van der Waals surface area contributed by atoms with E-state index in [0.717, 1.165) is 5.56 Å². The van der Waals surface area contributed by atoms with Crippen molar-refractivity contribution in [3.8, 4) is 0 Å². The van der Waals surface area contributed by atoms with Crippen LogP contribution in [0.4, 0.5) is 5.69 Å². The van der Waals surface area contributed by atoms with Gasteiger partial charge in [0.25, 0.3) is 5.91 Å². The maximum atomic E-state index is 12.1. The van der Waals surface area contributed by atoms with Crippen molar-refractivity contribution >= 4 is 52.2 Å². The first-order chi connectivity index (χ1) is 12.5. The largest absolute Gasteiger partial charge is 0.478 e. The predicted molar refractivity (Wildman–Crippen MR) is 105 cm³/mol. The van der Waals surface area contributed by atoms with Gasteiger partial charge in [0.05, 0.1) is 16.2 Å². The van der Waals surface area contributed by atoms with Crippen LogP contribution >= 0.6 is 23.4 Å². The molecule has 0 saturated carbocycles. The molecule has 0 aromatic heterocycles. The zero-order valence-corrected chi connectivity index (χ0v) is 14.9. The number of allylic oxidation sites excluding steroid dienone is 2. The van der Waals surface area contributed by atoms with Crippen LogP contribution in [-0.2, 0) is 4.79 Å². The predicted octanol–water partition coefficient (Wildman–Crippen LogP) is 4.40. The number of nitrogens with zero attached hydrogens (tertiary/aromatic N) is 1. The van der Waals surface area contributed by atoms with E-state index in [1.165, 1.54) is 23.9 Å². The third kappa shape index (κ3) is 4.62. The molecular formula is C19H13ClN2O3S. The summed E-state index contributed by atoms with van der Waals surface area (Å²) in [6.07, 6.45) is 3.35. The van der Waals surface area contributed by atoms with Crippen LogP contribution in [0.1, 0.15) is 15.9 Å². The lowest BCUT2D eigenvalue weighted by Crippen LogP contribution is -2.19. The van der Waals surface area contributed by atoms with Gasteiger partial charge in [-0.15, -0.1) is 0 Å². The molecule has 0 atom stereocenters. The maximum Gasteiger partial charge on any atom is 0.335 e. The number of carboxylic acid groups (broad SMARTS) is 1. The fourth-order valence-corrected chi connectivity index (χ4v) is 3.28. The lowest BCUT2D eigenvalue weighted by Gasteiger charge is -1.97. The van der Waals surface area contributed by atoms with Gasteiger partial charge in [0, 0.05) is 5.03 Å². The van der Waals surface area contributed by atoms with Crippen LogP contribution in [0.25, 0.3) is 6.08 Å². The molecule has 3 rings (SSSR count). The summed E-state index contributed by atoms with van der Waals surface area (Å²) in [7, 11) is 0. The third-order valence-corrected chi connectivity index (χ3v) is 4.50. The summed E-state index contributed by atoms with van der Waals surface area (Å²) in [5.41, 5.74) is 1.66. The fraction of sp³-hybridized carbons (Fsp3) is 0. The molecule has 130 valence electrons. The molecule has 7 heteroatoms. The molecule has 5 nitrogen and oxygen atoms in total. The molecule has 2 N–H and O–H groups in total. The maximum absolute atomic E-state index is 12.1. The number of amides is 1. The molecule has 0 spiro atoms. The minimum atomic E-state index is -1.00. The Balaban J connectivity index is 1.75. The van der Waals surface area contributed by atoms with E-state index in [1.54, 1.807) is 24.3 Å². The van der Waals surface area contributed by atoms with Gasteiger partial charge in [-0.3, -0.25) is 4.79 Å². The average Bonchev–Trinajstić information content (AvgIpc) is 2.95. The number of amidine groups is 1. The van der Waals surface area contributed by atoms with Gasteiger partial charge < -0.3 is 10.4 Å². The second-order valence-electron chi connectivity index (χ2n) is 5.27. The van der Waals surface area contributed by atoms with E-state index in [4.69, 9.17) is 16.7 Å². The molecule has 1 fully saturated rings. The van der Waals surface area contributed by atoms with E-state index in [1.807, 2.05) is 30.3 Å². The molecule has 0 unspecified atom stereocenters. The molecule has 0 aliphatic carbocycles. The molecule has 26 heavy (non-hydrogen) atoms. The van der Waals surface area contributed by atoms with E-state index < -0.39 is 5.97 Å². The highest BCUT2D eigenvalue weighted by Gasteiger charge is 2.23. The molecule has 1 aliphatic rings. The first-order valence-corrected chi connectivity index (χ1v) is 8.76. The van der Waals surface area contributed by atoms with Crippen LogP contribution in [0.3, 0.4) is 0 Å². The van der Waals surface area contributed by atoms with E-state index in [-0.39, 0.29) is 11.5 Å². The third-order valence-electron chi connectivity index (χ3n) is 3.37. The SMILES string of the molecule is O=C1NC(=Nc2ccc(C(=O)O)cc2)S/C1=C\C(Cl)=C\c1ccccc1. The number of hydrogen-bond donors (Lipinski definition) is 2. The van der Waals surface area contributed by atoms with Crippen molar-refractivity contribution in [3.63, 3.8) is 0 Å². The van der Waals surface area contributed by atoms with Crippen LogP contribution < -0.4 is 5.32 Å². The van der Waals surface area contributed by atoms with Crippen LogP contribution in [0.5, 0.6) is 0 Å². The zero-order chi connectivity index (χ0) is 18.5. The summed E-state index contributed by atoms with van der Waals surface area (Å²) in [5, 5.41) is 12.4. The van der Waals surface area contributed by atoms with E-state index in [0.29, 0.717) is 20.8 Å². The fourth-order valence-electron chi connectivity index (χ4n) is 2.15. The molecule has 2 aromatic rings. The van der Waals surface area contributed by atoms with Crippen LogP contribution in [-0.4, -0.2) is 22.2 Å². The number of carboxylic acids is 1. The number of halogens is 1. The van der Waals surface area contributed by atoms with Crippen molar-refractivity contribution in [1.29, 1.82) is 0 Å². The highest BCUT2D eigenvalue weighted by Crippen LogP contribution is 2.28. The molecule has 0 bridgehead atoms. The van der Waals surface area contributed by atoms with Gasteiger partial charge >= 0.3 is 5.97 Å². The lowest BCUT2D eigenvalue weighted by molar-refractivity contribution is -0.115. The van der Waals surface area contributed by atoms with Crippen molar-refractivity contribution in [2.75, 3.05) is 0 Å². The van der Waals surface area contributed by atoms with Gasteiger partial charge in [-0.2, -0.15) is 0 Å². The number of carbonyl (C=O) groups is 2. The van der Waals surface area contributed by atoms with E-state index in [9.17, 15) is 9.59 Å². The van der Waals surface area contributed by atoms with Gasteiger partial charge in [0.1, 0.15) is 0 Å². The van der Waals surface area contributed by atoms with Crippen LogP contribution in [0.15, 0.2) is 75.6 Å². The van der Waals surface area contributed by atoms with Crippen molar-refractivity contribution in [2.24, 2.45) is 4.99 Å². The molecule has 0 radical (unpaired) electrons. The number of carbonyl (C=O) groups excluding carboxylic acids is 1.